The zero-order valence-corrected chi connectivity index (χ0v) is 13.8. The first-order chi connectivity index (χ1) is 10.9. The van der Waals surface area contributed by atoms with E-state index in [9.17, 15) is 0 Å². The highest BCUT2D eigenvalue weighted by atomic mass is 16.1. The molecule has 3 heterocycles. The van der Waals surface area contributed by atoms with E-state index >= 15 is 0 Å². The summed E-state index contributed by atoms with van der Waals surface area (Å²) in [6.07, 6.45) is 14.1. The minimum atomic E-state index is 0.762. The Hall–Kier alpha value is -0.240. The molecule has 0 aromatic rings. The number of rotatable bonds is 0. The van der Waals surface area contributed by atoms with Crippen LogP contribution in [0.5, 0.6) is 0 Å². The van der Waals surface area contributed by atoms with Crippen molar-refractivity contribution in [3.63, 3.8) is 0 Å². The molecule has 0 aromatic heterocycles. The maximum absolute atomic E-state index is 3.49. The SMILES string of the molecule is C1CCCNN2CN(NN2)N2CCC3CCC(CCC1)CC32. The molecule has 5 unspecified atom stereocenters. The molecule has 1 aliphatic carbocycles. The summed E-state index contributed by atoms with van der Waals surface area (Å²) in [4.78, 5) is 0. The van der Waals surface area contributed by atoms with Crippen molar-refractivity contribution >= 4 is 0 Å². The van der Waals surface area contributed by atoms with Gasteiger partial charge in [-0.15, -0.1) is 10.2 Å². The van der Waals surface area contributed by atoms with Crippen LogP contribution in [0.25, 0.3) is 0 Å². The average Bonchev–Trinajstić information content (AvgIpc) is 3.15. The van der Waals surface area contributed by atoms with E-state index in [0.29, 0.717) is 0 Å². The number of fused-ring (bicyclic) bond motifs is 4. The molecule has 5 atom stereocenters. The summed E-state index contributed by atoms with van der Waals surface area (Å²) in [5.41, 5.74) is 10.1. The van der Waals surface area contributed by atoms with Crippen LogP contribution in [-0.2, 0) is 0 Å². The lowest BCUT2D eigenvalue weighted by Gasteiger charge is -2.39. The predicted molar refractivity (Wildman–Crippen MR) is 86.5 cm³/mol. The van der Waals surface area contributed by atoms with E-state index in [4.69, 9.17) is 0 Å². The Labute approximate surface area is 134 Å². The van der Waals surface area contributed by atoms with Crippen molar-refractivity contribution in [1.82, 2.24) is 31.7 Å². The van der Waals surface area contributed by atoms with Crippen molar-refractivity contribution in [2.75, 3.05) is 19.8 Å². The van der Waals surface area contributed by atoms with Gasteiger partial charge in [-0.1, -0.05) is 38.5 Å². The maximum Gasteiger partial charge on any atom is 0.112 e. The monoisotopic (exact) mass is 308 g/mol. The minimum absolute atomic E-state index is 0.762. The minimum Gasteiger partial charge on any atom is -0.239 e. The molecular formula is C16H32N6. The first-order valence-electron chi connectivity index (χ1n) is 9.46. The molecule has 0 radical (unpaired) electrons. The van der Waals surface area contributed by atoms with E-state index in [1.54, 1.807) is 0 Å². The van der Waals surface area contributed by atoms with E-state index in [1.165, 1.54) is 70.8 Å². The van der Waals surface area contributed by atoms with Gasteiger partial charge in [-0.3, -0.25) is 0 Å². The second-order valence-electron chi connectivity index (χ2n) is 7.62. The molecule has 6 heteroatoms. The van der Waals surface area contributed by atoms with Crippen LogP contribution >= 0.6 is 0 Å². The predicted octanol–water partition coefficient (Wildman–Crippen LogP) is 1.75. The van der Waals surface area contributed by atoms with Gasteiger partial charge in [0.1, 0.15) is 6.67 Å². The fourth-order valence-electron chi connectivity index (χ4n) is 4.88. The van der Waals surface area contributed by atoms with Crippen molar-refractivity contribution in [2.45, 2.75) is 70.3 Å². The lowest BCUT2D eigenvalue weighted by Crippen LogP contribution is -2.53. The van der Waals surface area contributed by atoms with Crippen LogP contribution in [-0.4, -0.2) is 41.0 Å². The van der Waals surface area contributed by atoms with Crippen LogP contribution in [0.4, 0.5) is 0 Å². The number of hydrazine groups is 5. The van der Waals surface area contributed by atoms with E-state index in [2.05, 4.69) is 31.7 Å². The molecule has 4 fully saturated rings. The smallest absolute Gasteiger partial charge is 0.112 e. The molecule has 4 rings (SSSR count). The molecule has 4 aliphatic rings. The highest BCUT2D eigenvalue weighted by molar-refractivity contribution is 4.91. The molecule has 126 valence electrons. The first-order valence-corrected chi connectivity index (χ1v) is 9.46. The Morgan fingerprint density at radius 1 is 0.818 bits per heavy atom. The fourth-order valence-corrected chi connectivity index (χ4v) is 4.88. The molecule has 1 saturated carbocycles. The summed E-state index contributed by atoms with van der Waals surface area (Å²) in [7, 11) is 0. The van der Waals surface area contributed by atoms with Gasteiger partial charge in [-0.05, 0) is 37.5 Å². The van der Waals surface area contributed by atoms with Gasteiger partial charge in [0.15, 0.2) is 0 Å². The summed E-state index contributed by atoms with van der Waals surface area (Å²) in [5.74, 6) is 1.90. The van der Waals surface area contributed by atoms with Crippen LogP contribution in [0.3, 0.4) is 0 Å². The van der Waals surface area contributed by atoms with Gasteiger partial charge >= 0.3 is 0 Å². The zero-order valence-electron chi connectivity index (χ0n) is 13.8. The molecule has 22 heavy (non-hydrogen) atoms. The molecule has 4 bridgehead atoms. The lowest BCUT2D eigenvalue weighted by atomic mass is 9.77. The second-order valence-corrected chi connectivity index (χ2v) is 7.62. The van der Waals surface area contributed by atoms with Gasteiger partial charge in [-0.25, -0.2) is 10.4 Å². The van der Waals surface area contributed by atoms with Crippen LogP contribution in [0, 0.1) is 11.8 Å². The van der Waals surface area contributed by atoms with E-state index in [1.807, 2.05) is 0 Å². The third kappa shape index (κ3) is 3.32. The molecule has 0 spiro atoms. The Balaban J connectivity index is 1.43. The Morgan fingerprint density at radius 3 is 2.73 bits per heavy atom. The van der Waals surface area contributed by atoms with E-state index in [-0.39, 0.29) is 0 Å². The third-order valence-electron chi connectivity index (χ3n) is 6.17. The molecular weight excluding hydrogens is 276 g/mol. The first kappa shape index (κ1) is 15.3. The Morgan fingerprint density at radius 2 is 1.73 bits per heavy atom. The quantitative estimate of drug-likeness (QED) is 0.634. The maximum atomic E-state index is 3.49. The van der Waals surface area contributed by atoms with E-state index < -0.39 is 0 Å². The molecule has 0 amide bonds. The van der Waals surface area contributed by atoms with Crippen LogP contribution in [0.15, 0.2) is 0 Å². The van der Waals surface area contributed by atoms with Crippen molar-refractivity contribution in [3.8, 4) is 0 Å². The van der Waals surface area contributed by atoms with Crippen LogP contribution < -0.4 is 16.5 Å². The molecule has 3 saturated heterocycles. The largest absolute Gasteiger partial charge is 0.239 e. The average molecular weight is 308 g/mol. The number of hydrogen-bond acceptors (Lipinski definition) is 6. The Bertz CT molecular complexity index is 365. The summed E-state index contributed by atoms with van der Waals surface area (Å²) in [5, 5.41) is 6.98. The summed E-state index contributed by atoms with van der Waals surface area (Å²) < 4.78 is 0. The van der Waals surface area contributed by atoms with Gasteiger partial charge in [-0.2, -0.15) is 11.1 Å². The van der Waals surface area contributed by atoms with Gasteiger partial charge < -0.3 is 0 Å². The zero-order chi connectivity index (χ0) is 14.8. The van der Waals surface area contributed by atoms with Crippen molar-refractivity contribution in [3.05, 3.63) is 0 Å². The second kappa shape index (κ2) is 7.11. The van der Waals surface area contributed by atoms with Crippen molar-refractivity contribution < 1.29 is 0 Å². The van der Waals surface area contributed by atoms with Crippen LogP contribution in [0.2, 0.25) is 0 Å². The van der Waals surface area contributed by atoms with Gasteiger partial charge in [0.05, 0.1) is 0 Å². The van der Waals surface area contributed by atoms with Crippen molar-refractivity contribution in [2.24, 2.45) is 11.8 Å². The third-order valence-corrected chi connectivity index (χ3v) is 6.17. The molecule has 0 aromatic carbocycles. The van der Waals surface area contributed by atoms with E-state index in [0.717, 1.165) is 31.1 Å². The summed E-state index contributed by atoms with van der Waals surface area (Å²) >= 11 is 0. The molecule has 6 nitrogen and oxygen atoms in total. The van der Waals surface area contributed by atoms with Crippen molar-refractivity contribution in [1.29, 1.82) is 0 Å². The fraction of sp³-hybridized carbons (Fsp3) is 1.00. The topological polar surface area (TPSA) is 45.8 Å². The summed E-state index contributed by atoms with van der Waals surface area (Å²) in [6.45, 7) is 3.16. The Kier molecular flexibility index (Phi) is 4.95. The lowest BCUT2D eigenvalue weighted by molar-refractivity contribution is -0.0847. The number of nitrogens with one attached hydrogen (secondary N) is 3. The number of hydrogen-bond donors (Lipinski definition) is 3. The highest BCUT2D eigenvalue weighted by Gasteiger charge is 2.42. The van der Waals surface area contributed by atoms with Gasteiger partial charge in [0, 0.05) is 19.1 Å². The van der Waals surface area contributed by atoms with Gasteiger partial charge in [0.2, 0.25) is 0 Å². The number of nitrogens with zero attached hydrogens (tertiary/aromatic N) is 3. The van der Waals surface area contributed by atoms with Gasteiger partial charge in [0.25, 0.3) is 0 Å². The van der Waals surface area contributed by atoms with Crippen LogP contribution in [0.1, 0.15) is 64.2 Å². The molecule has 3 aliphatic heterocycles. The molecule has 3 N–H and O–H groups in total. The highest BCUT2D eigenvalue weighted by Crippen LogP contribution is 2.41. The normalized spacial score (nSPS) is 44.5. The summed E-state index contributed by atoms with van der Waals surface area (Å²) in [6, 6.07) is 0.762. The standard InChI is InChI=1S/C16H32N6/c1-2-4-6-14-7-8-15-9-11-20(16(15)12-14)22-13-21(18-19-22)17-10-5-3-1/h14-19H,1-13H2.